The summed E-state index contributed by atoms with van der Waals surface area (Å²) in [6, 6.07) is 3.62. The molecule has 0 fully saturated rings. The predicted octanol–water partition coefficient (Wildman–Crippen LogP) is 4.87. The van der Waals surface area contributed by atoms with E-state index in [1.165, 1.54) is 13.2 Å². The monoisotopic (exact) mass is 284 g/mol. The standard InChI is InChI=1S/C16H19F3O/c1-5-6-7-11(2)12(3)14-9-8-13(16(17,18)19)10-15(14)20-4/h8-12H,5H2,1-4H3. The van der Waals surface area contributed by atoms with Gasteiger partial charge in [-0.25, -0.2) is 0 Å². The SMILES string of the molecule is CCC#CC(C)C(C)c1ccc(C(F)(F)F)cc1OC. The van der Waals surface area contributed by atoms with Gasteiger partial charge in [-0.05, 0) is 23.6 Å². The molecular formula is C16H19F3O. The maximum absolute atomic E-state index is 12.7. The zero-order valence-corrected chi connectivity index (χ0v) is 12.1. The van der Waals surface area contributed by atoms with Gasteiger partial charge in [0.05, 0.1) is 12.7 Å². The Balaban J connectivity index is 3.13. The van der Waals surface area contributed by atoms with Crippen LogP contribution in [0.5, 0.6) is 5.75 Å². The number of hydrogen-bond acceptors (Lipinski definition) is 1. The van der Waals surface area contributed by atoms with Gasteiger partial charge in [0.25, 0.3) is 0 Å². The summed E-state index contributed by atoms with van der Waals surface area (Å²) in [5, 5.41) is 0. The minimum atomic E-state index is -4.36. The Morgan fingerprint density at radius 2 is 1.90 bits per heavy atom. The Labute approximate surface area is 118 Å². The molecule has 0 aliphatic carbocycles. The van der Waals surface area contributed by atoms with Crippen LogP contribution in [0.15, 0.2) is 18.2 Å². The van der Waals surface area contributed by atoms with Gasteiger partial charge in [-0.3, -0.25) is 0 Å². The van der Waals surface area contributed by atoms with Crippen LogP contribution in [-0.4, -0.2) is 7.11 Å². The summed E-state index contributed by atoms with van der Waals surface area (Å²) in [7, 11) is 1.38. The number of alkyl halides is 3. The molecule has 1 aromatic carbocycles. The van der Waals surface area contributed by atoms with Crippen LogP contribution in [0.4, 0.5) is 13.2 Å². The molecule has 0 aliphatic heterocycles. The molecule has 0 N–H and O–H groups in total. The molecule has 1 aromatic rings. The summed E-state index contributed by atoms with van der Waals surface area (Å²) in [5.41, 5.74) is 0.0519. The van der Waals surface area contributed by atoms with Gasteiger partial charge < -0.3 is 4.74 Å². The molecule has 0 heterocycles. The number of rotatable bonds is 3. The molecule has 0 aromatic heterocycles. The van der Waals surface area contributed by atoms with Gasteiger partial charge in [-0.15, -0.1) is 5.92 Å². The maximum Gasteiger partial charge on any atom is 0.416 e. The van der Waals surface area contributed by atoms with E-state index in [-0.39, 0.29) is 17.6 Å². The maximum atomic E-state index is 12.7. The van der Waals surface area contributed by atoms with Crippen molar-refractivity contribution in [3.05, 3.63) is 29.3 Å². The van der Waals surface area contributed by atoms with Crippen LogP contribution < -0.4 is 4.74 Å². The molecule has 0 bridgehead atoms. The van der Waals surface area contributed by atoms with E-state index in [1.807, 2.05) is 20.8 Å². The molecule has 0 radical (unpaired) electrons. The van der Waals surface area contributed by atoms with Crippen molar-refractivity contribution in [2.75, 3.05) is 7.11 Å². The highest BCUT2D eigenvalue weighted by atomic mass is 19.4. The van der Waals surface area contributed by atoms with Gasteiger partial charge in [0.1, 0.15) is 5.75 Å². The number of ether oxygens (including phenoxy) is 1. The van der Waals surface area contributed by atoms with Crippen molar-refractivity contribution >= 4 is 0 Å². The minimum absolute atomic E-state index is 0.00582. The van der Waals surface area contributed by atoms with E-state index in [1.54, 1.807) is 0 Å². The van der Waals surface area contributed by atoms with E-state index in [9.17, 15) is 13.2 Å². The molecule has 1 rings (SSSR count). The zero-order valence-electron chi connectivity index (χ0n) is 12.1. The molecule has 4 heteroatoms. The van der Waals surface area contributed by atoms with Gasteiger partial charge in [0.15, 0.2) is 0 Å². The van der Waals surface area contributed by atoms with Crippen LogP contribution in [0.1, 0.15) is 44.2 Å². The van der Waals surface area contributed by atoms with Gasteiger partial charge in [-0.2, -0.15) is 13.2 Å². The smallest absolute Gasteiger partial charge is 0.416 e. The van der Waals surface area contributed by atoms with E-state index >= 15 is 0 Å². The third kappa shape index (κ3) is 3.93. The largest absolute Gasteiger partial charge is 0.496 e. The summed E-state index contributed by atoms with van der Waals surface area (Å²) in [6.45, 7) is 5.87. The van der Waals surface area contributed by atoms with Crippen molar-refractivity contribution in [3.8, 4) is 17.6 Å². The lowest BCUT2D eigenvalue weighted by atomic mass is 9.88. The number of benzene rings is 1. The first-order valence-electron chi connectivity index (χ1n) is 6.54. The quantitative estimate of drug-likeness (QED) is 0.720. The normalized spacial score (nSPS) is 14.2. The second-order valence-electron chi connectivity index (χ2n) is 4.71. The molecule has 1 nitrogen and oxygen atoms in total. The third-order valence-electron chi connectivity index (χ3n) is 3.31. The third-order valence-corrected chi connectivity index (χ3v) is 3.31. The lowest BCUT2D eigenvalue weighted by Crippen LogP contribution is -2.09. The highest BCUT2D eigenvalue weighted by Crippen LogP contribution is 2.37. The average molecular weight is 284 g/mol. The first kappa shape index (κ1) is 16.4. The first-order valence-corrected chi connectivity index (χ1v) is 6.54. The highest BCUT2D eigenvalue weighted by molar-refractivity contribution is 5.41. The Morgan fingerprint density at radius 1 is 1.25 bits per heavy atom. The second kappa shape index (κ2) is 6.69. The Kier molecular flexibility index (Phi) is 5.50. The summed E-state index contributed by atoms with van der Waals surface area (Å²) < 4.78 is 43.2. The molecule has 20 heavy (non-hydrogen) atoms. The molecule has 0 saturated heterocycles. The Morgan fingerprint density at radius 3 is 2.40 bits per heavy atom. The summed E-state index contributed by atoms with van der Waals surface area (Å²) in [6.07, 6.45) is -3.59. The van der Waals surface area contributed by atoms with Crippen LogP contribution in [0, 0.1) is 17.8 Å². The lowest BCUT2D eigenvalue weighted by Gasteiger charge is -2.20. The first-order chi connectivity index (χ1) is 9.31. The molecule has 2 unspecified atom stereocenters. The van der Waals surface area contributed by atoms with Gasteiger partial charge >= 0.3 is 6.18 Å². The molecular weight excluding hydrogens is 265 g/mol. The van der Waals surface area contributed by atoms with E-state index in [4.69, 9.17) is 4.74 Å². The van der Waals surface area contributed by atoms with E-state index < -0.39 is 11.7 Å². The van der Waals surface area contributed by atoms with Gasteiger partial charge in [-0.1, -0.05) is 32.8 Å². The van der Waals surface area contributed by atoms with Crippen molar-refractivity contribution in [1.29, 1.82) is 0 Å². The fraction of sp³-hybridized carbons (Fsp3) is 0.500. The molecule has 0 saturated carbocycles. The van der Waals surface area contributed by atoms with Crippen molar-refractivity contribution in [3.63, 3.8) is 0 Å². The molecule has 0 aliphatic rings. The number of hydrogen-bond donors (Lipinski definition) is 0. The number of methoxy groups -OCH3 is 1. The highest BCUT2D eigenvalue weighted by Gasteiger charge is 2.31. The van der Waals surface area contributed by atoms with Crippen molar-refractivity contribution < 1.29 is 17.9 Å². The number of halogens is 3. The molecule has 0 amide bonds. The lowest BCUT2D eigenvalue weighted by molar-refractivity contribution is -0.137. The van der Waals surface area contributed by atoms with Crippen molar-refractivity contribution in [2.24, 2.45) is 5.92 Å². The molecule has 2 atom stereocenters. The Bertz CT molecular complexity index is 509. The second-order valence-corrected chi connectivity index (χ2v) is 4.71. The zero-order chi connectivity index (χ0) is 15.3. The van der Waals surface area contributed by atoms with E-state index in [2.05, 4.69) is 11.8 Å². The molecule has 0 spiro atoms. The molecule has 110 valence electrons. The van der Waals surface area contributed by atoms with E-state index in [0.717, 1.165) is 24.1 Å². The summed E-state index contributed by atoms with van der Waals surface area (Å²) in [5.74, 6) is 6.42. The average Bonchev–Trinajstić information content (AvgIpc) is 2.42. The van der Waals surface area contributed by atoms with Crippen LogP contribution in [0.2, 0.25) is 0 Å². The van der Waals surface area contributed by atoms with Crippen molar-refractivity contribution in [2.45, 2.75) is 39.3 Å². The van der Waals surface area contributed by atoms with Crippen LogP contribution in [-0.2, 0) is 6.18 Å². The fourth-order valence-corrected chi connectivity index (χ4v) is 1.92. The van der Waals surface area contributed by atoms with Crippen LogP contribution in [0.25, 0.3) is 0 Å². The van der Waals surface area contributed by atoms with Gasteiger partial charge in [0.2, 0.25) is 0 Å². The fourth-order valence-electron chi connectivity index (χ4n) is 1.92. The predicted molar refractivity (Wildman–Crippen MR) is 73.6 cm³/mol. The summed E-state index contributed by atoms with van der Waals surface area (Å²) >= 11 is 0. The Hall–Kier alpha value is -1.63. The van der Waals surface area contributed by atoms with E-state index in [0.29, 0.717) is 0 Å². The van der Waals surface area contributed by atoms with Gasteiger partial charge in [0, 0.05) is 12.3 Å². The van der Waals surface area contributed by atoms with Crippen LogP contribution >= 0.6 is 0 Å². The van der Waals surface area contributed by atoms with Crippen molar-refractivity contribution in [1.82, 2.24) is 0 Å². The topological polar surface area (TPSA) is 9.23 Å². The summed E-state index contributed by atoms with van der Waals surface area (Å²) in [4.78, 5) is 0. The van der Waals surface area contributed by atoms with Crippen LogP contribution in [0.3, 0.4) is 0 Å². The minimum Gasteiger partial charge on any atom is -0.496 e.